The number of aromatic nitrogens is 3. The van der Waals surface area contributed by atoms with Gasteiger partial charge in [-0.25, -0.2) is 16.8 Å². The van der Waals surface area contributed by atoms with Crippen LogP contribution in [0.3, 0.4) is 0 Å². The fourth-order valence-electron chi connectivity index (χ4n) is 6.55. The number of hydrogen-bond donors (Lipinski definition) is 3. The van der Waals surface area contributed by atoms with Gasteiger partial charge in [0, 0.05) is 22.0 Å². The molecule has 0 aliphatic rings. The smallest absolute Gasteiger partial charge is 0.744 e. The van der Waals surface area contributed by atoms with E-state index in [1.54, 1.807) is 79.7 Å². The largest absolute Gasteiger partial charge is 1.00 e. The van der Waals surface area contributed by atoms with Crippen LogP contribution in [0.5, 0.6) is 0 Å². The summed E-state index contributed by atoms with van der Waals surface area (Å²) in [4.78, 5) is 13.4. The third-order valence-corrected chi connectivity index (χ3v) is 12.5. The second-order valence-electron chi connectivity index (χ2n) is 15.6. The van der Waals surface area contributed by atoms with Crippen molar-refractivity contribution in [3.05, 3.63) is 168 Å². The van der Waals surface area contributed by atoms with E-state index in [0.717, 1.165) is 22.9 Å². The van der Waals surface area contributed by atoms with Gasteiger partial charge >= 0.3 is 88.7 Å². The van der Waals surface area contributed by atoms with Crippen LogP contribution in [0.2, 0.25) is 0 Å². The molecular formula is C48H37N14Na3O9S3. The first-order chi connectivity index (χ1) is 35.5. The SMILES string of the molecule is Cc1cc(N=Nc2ccc(S(=O)(=O)[O-])cc2)ccc1N=Nc1ccc(Nc2nc(Nc3ccccc3)nc(Nc3ccc(N=Nc4ccc(N=Nc5ccc(SOO[O-])cc5)cc4S(=O)(=O)[O-])c(C)c3)n2)cc1C.[Na+].[Na+].[Na+]. The molecule has 3 N–H and O–H groups in total. The van der Waals surface area contributed by atoms with Gasteiger partial charge in [0.25, 0.3) is 0 Å². The van der Waals surface area contributed by atoms with E-state index >= 15 is 0 Å². The first-order valence-electron chi connectivity index (χ1n) is 21.5. The number of nitrogens with zero attached hydrogens (tertiary/aromatic N) is 11. The second kappa shape index (κ2) is 28.9. The molecule has 7 aromatic carbocycles. The Morgan fingerprint density at radius 3 is 1.30 bits per heavy atom. The van der Waals surface area contributed by atoms with Crippen molar-refractivity contribution in [2.75, 3.05) is 16.0 Å². The Labute approximate surface area is 512 Å². The van der Waals surface area contributed by atoms with Gasteiger partial charge in [0.05, 0.1) is 61.6 Å². The van der Waals surface area contributed by atoms with Crippen molar-refractivity contribution in [1.29, 1.82) is 0 Å². The number of benzene rings is 7. The van der Waals surface area contributed by atoms with Gasteiger partial charge in [-0.3, -0.25) is 5.04 Å². The van der Waals surface area contributed by atoms with Crippen LogP contribution in [0.1, 0.15) is 16.7 Å². The average Bonchev–Trinajstić information content (AvgIpc) is 3.37. The van der Waals surface area contributed by atoms with Crippen molar-refractivity contribution >= 4 is 113 Å². The maximum atomic E-state index is 12.3. The molecule has 0 unspecified atom stereocenters. The zero-order valence-corrected chi connectivity index (χ0v) is 50.2. The Hall–Kier alpha value is -5.60. The van der Waals surface area contributed by atoms with E-state index in [2.05, 4.69) is 81.2 Å². The van der Waals surface area contributed by atoms with Gasteiger partial charge < -0.3 is 30.3 Å². The van der Waals surface area contributed by atoms with E-state index in [0.29, 0.717) is 68.0 Å². The van der Waals surface area contributed by atoms with Gasteiger partial charge in [-0.05, 0) is 171 Å². The summed E-state index contributed by atoms with van der Waals surface area (Å²) in [6.07, 6.45) is 0. The molecule has 0 aliphatic carbocycles. The Morgan fingerprint density at radius 1 is 0.442 bits per heavy atom. The summed E-state index contributed by atoms with van der Waals surface area (Å²) in [5, 5.41) is 56.7. The van der Waals surface area contributed by atoms with Gasteiger partial charge in [-0.1, -0.05) is 18.2 Å². The molecule has 0 radical (unpaired) electrons. The van der Waals surface area contributed by atoms with Crippen molar-refractivity contribution in [3.63, 3.8) is 0 Å². The maximum Gasteiger partial charge on any atom is 1.00 e. The molecule has 8 rings (SSSR count). The number of nitrogens with one attached hydrogen (secondary N) is 3. The van der Waals surface area contributed by atoms with Crippen LogP contribution < -0.4 is 110 Å². The Morgan fingerprint density at radius 2 is 0.844 bits per heavy atom. The van der Waals surface area contributed by atoms with Crippen LogP contribution >= 0.6 is 12.0 Å². The number of hydrogen-bond acceptors (Lipinski definition) is 24. The quantitative estimate of drug-likeness (QED) is 0.0259. The molecule has 374 valence electrons. The van der Waals surface area contributed by atoms with E-state index in [1.807, 2.05) is 50.2 Å². The van der Waals surface area contributed by atoms with Crippen molar-refractivity contribution in [3.8, 4) is 0 Å². The van der Waals surface area contributed by atoms with E-state index in [-0.39, 0.29) is 123 Å². The summed E-state index contributed by atoms with van der Waals surface area (Å²) in [5.74, 6) is 0.632. The fourth-order valence-corrected chi connectivity index (χ4v) is 8.01. The van der Waals surface area contributed by atoms with Crippen molar-refractivity contribution < 1.29 is 129 Å². The molecule has 0 fully saturated rings. The minimum absolute atomic E-state index is 0. The summed E-state index contributed by atoms with van der Waals surface area (Å²) in [6.45, 7) is 5.51. The molecule has 0 bridgehead atoms. The van der Waals surface area contributed by atoms with Gasteiger partial charge in [0.15, 0.2) is 0 Å². The van der Waals surface area contributed by atoms with Crippen molar-refractivity contribution in [2.45, 2.75) is 35.5 Å². The monoisotopic (exact) mass is 1120 g/mol. The van der Waals surface area contributed by atoms with Crippen LogP contribution in [0.15, 0.2) is 207 Å². The molecule has 1 heterocycles. The third-order valence-electron chi connectivity index (χ3n) is 10.2. The molecule has 29 heteroatoms. The topological polar surface area (TPSA) is 330 Å². The Balaban J connectivity index is 0.00000364. The van der Waals surface area contributed by atoms with Gasteiger partial charge in [-0.2, -0.15) is 55.1 Å². The molecule has 0 spiro atoms. The molecule has 1 aromatic heterocycles. The molecular weight excluding hydrogens is 1080 g/mol. The summed E-state index contributed by atoms with van der Waals surface area (Å²) < 4.78 is 74.8. The van der Waals surface area contributed by atoms with E-state index in [9.17, 15) is 31.2 Å². The van der Waals surface area contributed by atoms with Gasteiger partial charge in [-0.15, -0.1) is 5.11 Å². The average molecular weight is 1120 g/mol. The van der Waals surface area contributed by atoms with Crippen LogP contribution in [-0.4, -0.2) is 40.9 Å². The Bertz CT molecular complexity index is 3700. The van der Waals surface area contributed by atoms with E-state index in [1.165, 1.54) is 36.4 Å². The minimum atomic E-state index is -5.01. The fraction of sp³-hybridized carbons (Fsp3) is 0.0625. The molecule has 0 saturated carbocycles. The van der Waals surface area contributed by atoms with E-state index in [4.69, 9.17) is 0 Å². The summed E-state index contributed by atoms with van der Waals surface area (Å²) in [7, 11) is -9.57. The molecule has 77 heavy (non-hydrogen) atoms. The van der Waals surface area contributed by atoms with E-state index < -0.39 is 25.1 Å². The summed E-state index contributed by atoms with van der Waals surface area (Å²) in [6, 6.07) is 40.4. The maximum absolute atomic E-state index is 12.3. The summed E-state index contributed by atoms with van der Waals surface area (Å²) >= 11 is 0.699. The first kappa shape index (κ1) is 62.2. The third kappa shape index (κ3) is 18.2. The zero-order chi connectivity index (χ0) is 52.2. The Kier molecular flexibility index (Phi) is 23.3. The number of azo groups is 4. The number of rotatable bonds is 19. The van der Waals surface area contributed by atoms with Crippen LogP contribution in [-0.2, 0) is 29.6 Å². The van der Waals surface area contributed by atoms with Crippen molar-refractivity contribution in [1.82, 2.24) is 15.0 Å². The second-order valence-corrected chi connectivity index (χ2v) is 19.1. The van der Waals surface area contributed by atoms with Crippen LogP contribution in [0.25, 0.3) is 0 Å². The number of anilines is 6. The minimum Gasteiger partial charge on any atom is -0.744 e. The standard InChI is InChI=1S/C48H40N14O9S3.3Na/c1-29-25-35(13-21-41(29)59-60-43-23-15-37(27-31(43)3)57-56-34-11-19-40(20-12-34)73(64,65)66)50-47-52-46(49-32-7-5-4-6-8-32)53-48(54-47)51-36-14-22-42(30(2)26-36)61-62-44-24-16-38(28-45(44)74(67,68)69)58-55-33-9-17-39(18-10-33)72-71-70-63;;;/h4-28,63H,1-3H3,(H,64,65,66)(H,67,68,69)(H3,49,50,51,52,53,54);;;/q;3*+1/p-3. The predicted octanol–water partition coefficient (Wildman–Crippen LogP) is 3.74. The number of aryl methyl sites for hydroxylation is 3. The van der Waals surface area contributed by atoms with Gasteiger partial charge in [0.2, 0.25) is 17.8 Å². The molecule has 0 amide bonds. The predicted molar refractivity (Wildman–Crippen MR) is 270 cm³/mol. The molecule has 23 nitrogen and oxygen atoms in total. The molecule has 0 aliphatic heterocycles. The zero-order valence-electron chi connectivity index (χ0n) is 41.8. The summed E-state index contributed by atoms with van der Waals surface area (Å²) in [5.41, 5.74) is 6.93. The van der Waals surface area contributed by atoms with Gasteiger partial charge in [0.1, 0.15) is 25.9 Å². The normalized spacial score (nSPS) is 11.6. The molecule has 0 saturated heterocycles. The number of para-hydroxylation sites is 1. The molecule has 8 aromatic rings. The first-order valence-corrected chi connectivity index (χ1v) is 25.1. The van der Waals surface area contributed by atoms with Crippen LogP contribution in [0.4, 0.5) is 80.4 Å². The van der Waals surface area contributed by atoms with Crippen molar-refractivity contribution in [2.24, 2.45) is 40.9 Å². The molecule has 0 atom stereocenters. The van der Waals surface area contributed by atoms with Crippen LogP contribution in [0, 0.1) is 20.8 Å².